The first kappa shape index (κ1) is 24.7. The highest BCUT2D eigenvalue weighted by Crippen LogP contribution is 2.27. The molecule has 0 aliphatic heterocycles. The lowest BCUT2D eigenvalue weighted by Gasteiger charge is -2.15. The van der Waals surface area contributed by atoms with Gasteiger partial charge in [0.25, 0.3) is 10.2 Å². The van der Waals surface area contributed by atoms with Gasteiger partial charge >= 0.3 is 11.8 Å². The summed E-state index contributed by atoms with van der Waals surface area (Å²) in [6.07, 6.45) is -8.25. The molecule has 0 radical (unpaired) electrons. The van der Waals surface area contributed by atoms with Crippen LogP contribution < -0.4 is 15.1 Å². The first-order chi connectivity index (χ1) is 15.3. The maximum absolute atomic E-state index is 14.9. The number of aliphatic hydroxyl groups is 1. The fraction of sp³-hybridized carbons (Fsp3) is 0.286. The topological polar surface area (TPSA) is 109 Å². The van der Waals surface area contributed by atoms with Crippen LogP contribution in [-0.4, -0.2) is 32.9 Å². The Morgan fingerprint density at radius 3 is 2.52 bits per heavy atom. The molecule has 0 bridgehead atoms. The van der Waals surface area contributed by atoms with Crippen LogP contribution in [0, 0.1) is 12.7 Å². The van der Waals surface area contributed by atoms with Gasteiger partial charge in [-0.15, -0.1) is 0 Å². The van der Waals surface area contributed by atoms with Gasteiger partial charge in [-0.05, 0) is 35.7 Å². The lowest BCUT2D eigenvalue weighted by molar-refractivity contribution is -0.203. The van der Waals surface area contributed by atoms with Crippen LogP contribution in [0.5, 0.6) is 0 Å². The van der Waals surface area contributed by atoms with Crippen LogP contribution in [0.25, 0.3) is 11.0 Å². The minimum Gasteiger partial charge on any atom is -0.422 e. The van der Waals surface area contributed by atoms with E-state index in [1.165, 1.54) is 36.4 Å². The van der Waals surface area contributed by atoms with E-state index in [1.807, 2.05) is 9.44 Å². The Balaban J connectivity index is 1.97. The van der Waals surface area contributed by atoms with Gasteiger partial charge in [-0.2, -0.15) is 21.6 Å². The van der Waals surface area contributed by atoms with Crippen LogP contribution in [0.2, 0.25) is 0 Å². The van der Waals surface area contributed by atoms with E-state index in [0.717, 1.165) is 7.05 Å². The summed E-state index contributed by atoms with van der Waals surface area (Å²) in [5.41, 5.74) is -0.386. The van der Waals surface area contributed by atoms with Crippen LogP contribution in [-0.2, 0) is 23.1 Å². The van der Waals surface area contributed by atoms with Gasteiger partial charge in [0.1, 0.15) is 5.58 Å². The molecular weight excluding hydrogens is 468 g/mol. The third kappa shape index (κ3) is 5.52. The number of halogens is 4. The maximum atomic E-state index is 14.9. The second-order valence-electron chi connectivity index (χ2n) is 7.35. The molecule has 0 saturated heterocycles. The first-order valence-electron chi connectivity index (χ1n) is 9.61. The Labute approximate surface area is 186 Å². The fourth-order valence-corrected chi connectivity index (χ4v) is 3.84. The largest absolute Gasteiger partial charge is 0.422 e. The summed E-state index contributed by atoms with van der Waals surface area (Å²) >= 11 is 0. The van der Waals surface area contributed by atoms with Crippen molar-refractivity contribution in [3.8, 4) is 0 Å². The third-order valence-corrected chi connectivity index (χ3v) is 6.14. The number of rotatable bonds is 7. The molecule has 2 aromatic carbocycles. The summed E-state index contributed by atoms with van der Waals surface area (Å²) in [6.45, 7) is 1.59. The summed E-state index contributed by atoms with van der Waals surface area (Å²) in [4.78, 5) is 12.6. The third-order valence-electron chi connectivity index (χ3n) is 5.12. The van der Waals surface area contributed by atoms with Gasteiger partial charge in [0.2, 0.25) is 0 Å². The van der Waals surface area contributed by atoms with Crippen molar-refractivity contribution in [1.82, 2.24) is 4.72 Å². The second kappa shape index (κ2) is 9.12. The Morgan fingerprint density at radius 1 is 1.18 bits per heavy atom. The van der Waals surface area contributed by atoms with Crippen LogP contribution in [0.3, 0.4) is 0 Å². The predicted octanol–water partition coefficient (Wildman–Crippen LogP) is 3.17. The van der Waals surface area contributed by atoms with E-state index in [2.05, 4.69) is 0 Å². The molecule has 0 saturated carbocycles. The molecule has 33 heavy (non-hydrogen) atoms. The van der Waals surface area contributed by atoms with Gasteiger partial charge in [0, 0.05) is 30.8 Å². The van der Waals surface area contributed by atoms with E-state index in [4.69, 9.17) is 4.42 Å². The quantitative estimate of drug-likeness (QED) is 0.350. The number of aliphatic hydroxyl groups excluding tert-OH is 1. The molecule has 3 rings (SSSR count). The van der Waals surface area contributed by atoms with Gasteiger partial charge in [-0.1, -0.05) is 24.3 Å². The van der Waals surface area contributed by atoms with Crippen molar-refractivity contribution in [1.29, 1.82) is 0 Å². The summed E-state index contributed by atoms with van der Waals surface area (Å²) in [5, 5.41) is 9.70. The van der Waals surface area contributed by atoms with E-state index < -0.39 is 40.4 Å². The number of benzene rings is 2. The van der Waals surface area contributed by atoms with Crippen LogP contribution in [0.15, 0.2) is 45.6 Å². The predicted molar refractivity (Wildman–Crippen MR) is 114 cm³/mol. The molecule has 178 valence electrons. The lowest BCUT2D eigenvalue weighted by atomic mass is 9.97. The highest BCUT2D eigenvalue weighted by molar-refractivity contribution is 7.90. The normalized spacial score (nSPS) is 13.3. The zero-order chi connectivity index (χ0) is 24.6. The molecule has 1 heterocycles. The number of fused-ring (bicyclic) bond motifs is 1. The number of aryl methyl sites for hydroxylation is 1. The van der Waals surface area contributed by atoms with E-state index >= 15 is 0 Å². The molecule has 0 fully saturated rings. The zero-order valence-electron chi connectivity index (χ0n) is 17.5. The molecular formula is C21H20F4N2O5S. The zero-order valence-corrected chi connectivity index (χ0v) is 18.3. The van der Waals surface area contributed by atoms with Crippen molar-refractivity contribution in [3.63, 3.8) is 0 Å². The Hall–Kier alpha value is -2.96. The van der Waals surface area contributed by atoms with Gasteiger partial charge in [-0.3, -0.25) is 4.72 Å². The SMILES string of the molecule is CNS(=O)(=O)Nc1cccc(Cc2c(C)c3ccc(CC(O)C(F)(F)F)cc3oc2=O)c1F. The van der Waals surface area contributed by atoms with Crippen molar-refractivity contribution in [2.75, 3.05) is 11.8 Å². The average Bonchev–Trinajstić information content (AvgIpc) is 2.72. The summed E-state index contributed by atoms with van der Waals surface area (Å²) in [6, 6.07) is 8.11. The smallest absolute Gasteiger partial charge is 0.414 e. The van der Waals surface area contributed by atoms with Crippen LogP contribution >= 0.6 is 0 Å². The molecule has 0 aliphatic carbocycles. The lowest BCUT2D eigenvalue weighted by Crippen LogP contribution is -2.30. The molecule has 12 heteroatoms. The number of alkyl halides is 3. The number of anilines is 1. The molecule has 0 amide bonds. The second-order valence-corrected chi connectivity index (χ2v) is 8.97. The van der Waals surface area contributed by atoms with Crippen molar-refractivity contribution in [3.05, 3.63) is 74.9 Å². The number of nitrogens with one attached hydrogen (secondary N) is 2. The number of hydrogen-bond acceptors (Lipinski definition) is 5. The molecule has 0 aliphatic rings. The molecule has 3 aromatic rings. The molecule has 1 atom stereocenters. The summed E-state index contributed by atoms with van der Waals surface area (Å²) in [5.74, 6) is -0.869. The molecule has 1 unspecified atom stereocenters. The summed E-state index contributed by atoms with van der Waals surface area (Å²) < 4.78 is 85.3. The van der Waals surface area contributed by atoms with E-state index in [-0.39, 0.29) is 34.4 Å². The van der Waals surface area contributed by atoms with Crippen molar-refractivity contribution in [2.45, 2.75) is 32.0 Å². The molecule has 3 N–H and O–H groups in total. The highest BCUT2D eigenvalue weighted by atomic mass is 32.2. The molecule has 7 nitrogen and oxygen atoms in total. The van der Waals surface area contributed by atoms with Crippen LogP contribution in [0.1, 0.15) is 22.3 Å². The minimum atomic E-state index is -4.78. The van der Waals surface area contributed by atoms with E-state index in [9.17, 15) is 35.9 Å². The number of hydrogen-bond donors (Lipinski definition) is 3. The fourth-order valence-electron chi connectivity index (χ4n) is 3.29. The maximum Gasteiger partial charge on any atom is 0.414 e. The highest BCUT2D eigenvalue weighted by Gasteiger charge is 2.38. The van der Waals surface area contributed by atoms with Gasteiger partial charge in [0.05, 0.1) is 5.69 Å². The minimum absolute atomic E-state index is 0.0316. The van der Waals surface area contributed by atoms with Gasteiger partial charge < -0.3 is 9.52 Å². The molecule has 1 aromatic heterocycles. The van der Waals surface area contributed by atoms with E-state index in [0.29, 0.717) is 10.9 Å². The summed E-state index contributed by atoms with van der Waals surface area (Å²) in [7, 11) is -2.80. The van der Waals surface area contributed by atoms with Gasteiger partial charge in [0.15, 0.2) is 11.9 Å². The molecule has 0 spiro atoms. The monoisotopic (exact) mass is 488 g/mol. The van der Waals surface area contributed by atoms with E-state index in [1.54, 1.807) is 6.92 Å². The van der Waals surface area contributed by atoms with Crippen molar-refractivity contribution in [2.24, 2.45) is 0 Å². The van der Waals surface area contributed by atoms with Crippen molar-refractivity contribution >= 4 is 26.9 Å². The average molecular weight is 488 g/mol. The standard InChI is InChI=1S/C21H20F4N2O5S/c1-11-14-7-6-12(9-18(28)21(23,24)25)8-17(14)32-20(29)15(11)10-13-4-3-5-16(19(13)22)27-33(30,31)26-2/h3-8,18,26-28H,9-10H2,1-2H3. The van der Waals surface area contributed by atoms with Crippen molar-refractivity contribution < 1.29 is 35.5 Å². The Morgan fingerprint density at radius 2 is 1.88 bits per heavy atom. The van der Waals surface area contributed by atoms with Gasteiger partial charge in [-0.25, -0.2) is 13.9 Å². The Bertz CT molecular complexity index is 1350. The first-order valence-corrected chi connectivity index (χ1v) is 11.1. The Kier molecular flexibility index (Phi) is 6.82. The van der Waals surface area contributed by atoms with Crippen LogP contribution in [0.4, 0.5) is 23.2 Å².